The summed E-state index contributed by atoms with van der Waals surface area (Å²) in [5.74, 6) is 0. The van der Waals surface area contributed by atoms with Gasteiger partial charge in [-0.3, -0.25) is 15.1 Å². The van der Waals surface area contributed by atoms with E-state index in [-0.39, 0.29) is 5.69 Å². The van der Waals surface area contributed by atoms with Crippen LogP contribution in [0.15, 0.2) is 47.5 Å². The van der Waals surface area contributed by atoms with E-state index < -0.39 is 4.92 Å². The zero-order chi connectivity index (χ0) is 13.8. The summed E-state index contributed by atoms with van der Waals surface area (Å²) in [7, 11) is 0. The van der Waals surface area contributed by atoms with Crippen LogP contribution in [0.4, 0.5) is 11.4 Å². The van der Waals surface area contributed by atoms with Crippen LogP contribution in [0.1, 0.15) is 5.56 Å². The number of nitro benzene ring substituents is 1. The molecule has 2 rings (SSSR count). The molecular weight excluding hydrogens is 287 g/mol. The number of rotatable bonds is 3. The summed E-state index contributed by atoms with van der Waals surface area (Å²) in [6.45, 7) is 0. The summed E-state index contributed by atoms with van der Waals surface area (Å²) in [6.07, 6.45) is 1.60. The maximum absolute atomic E-state index is 10.5. The van der Waals surface area contributed by atoms with E-state index in [4.69, 9.17) is 23.2 Å². The number of hydrogen-bond donors (Lipinski definition) is 0. The highest BCUT2D eigenvalue weighted by Gasteiger charge is 2.02. The lowest BCUT2D eigenvalue weighted by molar-refractivity contribution is -0.384. The van der Waals surface area contributed by atoms with E-state index in [1.807, 2.05) is 0 Å². The maximum Gasteiger partial charge on any atom is 0.269 e. The Bertz CT molecular complexity index is 640. The van der Waals surface area contributed by atoms with Crippen LogP contribution in [-0.2, 0) is 0 Å². The van der Waals surface area contributed by atoms with Crippen molar-refractivity contribution in [2.45, 2.75) is 0 Å². The zero-order valence-corrected chi connectivity index (χ0v) is 11.1. The summed E-state index contributed by atoms with van der Waals surface area (Å²) in [5.41, 5.74) is 1.47. The van der Waals surface area contributed by atoms with Gasteiger partial charge in [-0.2, -0.15) is 0 Å². The van der Waals surface area contributed by atoms with Gasteiger partial charge in [0.15, 0.2) is 0 Å². The molecule has 2 aromatic rings. The molecule has 0 saturated heterocycles. The summed E-state index contributed by atoms with van der Waals surface area (Å²) in [6, 6.07) is 11.1. The van der Waals surface area contributed by atoms with Gasteiger partial charge in [0.25, 0.3) is 5.69 Å². The van der Waals surface area contributed by atoms with Crippen LogP contribution >= 0.6 is 23.2 Å². The van der Waals surface area contributed by atoms with E-state index in [1.54, 1.807) is 36.5 Å². The van der Waals surface area contributed by atoms with E-state index in [0.717, 1.165) is 5.56 Å². The topological polar surface area (TPSA) is 55.5 Å². The smallest absolute Gasteiger partial charge is 0.258 e. The van der Waals surface area contributed by atoms with Crippen LogP contribution in [0, 0.1) is 10.1 Å². The standard InChI is InChI=1S/C13H8Cl2N2O2/c14-12-6-3-10(7-13(12)15)16-8-9-1-4-11(5-2-9)17(18)19/h1-8H. The van der Waals surface area contributed by atoms with Gasteiger partial charge >= 0.3 is 0 Å². The highest BCUT2D eigenvalue weighted by atomic mass is 35.5. The largest absolute Gasteiger partial charge is 0.269 e. The van der Waals surface area contributed by atoms with Crippen molar-refractivity contribution in [3.63, 3.8) is 0 Å². The summed E-state index contributed by atoms with van der Waals surface area (Å²) in [5, 5.41) is 11.4. The summed E-state index contributed by atoms with van der Waals surface area (Å²) < 4.78 is 0. The number of aliphatic imine (C=N–C) groups is 1. The van der Waals surface area contributed by atoms with Gasteiger partial charge in [0.2, 0.25) is 0 Å². The lowest BCUT2D eigenvalue weighted by Crippen LogP contribution is -1.88. The third-order valence-electron chi connectivity index (χ3n) is 2.37. The van der Waals surface area contributed by atoms with Crippen molar-refractivity contribution in [1.82, 2.24) is 0 Å². The molecule has 0 heterocycles. The first-order chi connectivity index (χ1) is 9.06. The Labute approximate surface area is 119 Å². The molecule has 0 amide bonds. The van der Waals surface area contributed by atoms with E-state index >= 15 is 0 Å². The van der Waals surface area contributed by atoms with Gasteiger partial charge in [-0.15, -0.1) is 0 Å². The van der Waals surface area contributed by atoms with Crippen LogP contribution < -0.4 is 0 Å². The van der Waals surface area contributed by atoms with Crippen molar-refractivity contribution >= 4 is 40.8 Å². The molecule has 19 heavy (non-hydrogen) atoms. The lowest BCUT2D eigenvalue weighted by atomic mass is 10.2. The molecule has 0 spiro atoms. The molecule has 2 aromatic carbocycles. The fraction of sp³-hybridized carbons (Fsp3) is 0. The Kier molecular flexibility index (Phi) is 4.14. The van der Waals surface area contributed by atoms with Crippen molar-refractivity contribution in [2.75, 3.05) is 0 Å². The Morgan fingerprint density at radius 1 is 1.05 bits per heavy atom. The van der Waals surface area contributed by atoms with Crippen LogP contribution in [0.25, 0.3) is 0 Å². The normalized spacial score (nSPS) is 10.8. The molecule has 0 saturated carbocycles. The lowest BCUT2D eigenvalue weighted by Gasteiger charge is -1.97. The molecule has 0 atom stereocenters. The SMILES string of the molecule is O=[N+]([O-])c1ccc(C=Nc2ccc(Cl)c(Cl)c2)cc1. The second kappa shape index (κ2) is 5.82. The van der Waals surface area contributed by atoms with Crippen molar-refractivity contribution < 1.29 is 4.92 Å². The van der Waals surface area contributed by atoms with Crippen molar-refractivity contribution in [1.29, 1.82) is 0 Å². The minimum atomic E-state index is -0.445. The molecule has 0 N–H and O–H groups in total. The Hall–Kier alpha value is -1.91. The molecule has 0 radical (unpaired) electrons. The fourth-order valence-electron chi connectivity index (χ4n) is 1.40. The van der Waals surface area contributed by atoms with E-state index in [1.165, 1.54) is 12.1 Å². The van der Waals surface area contributed by atoms with Crippen LogP contribution in [0.2, 0.25) is 10.0 Å². The molecule has 0 aliphatic carbocycles. The Morgan fingerprint density at radius 2 is 1.74 bits per heavy atom. The van der Waals surface area contributed by atoms with E-state index in [0.29, 0.717) is 15.7 Å². The monoisotopic (exact) mass is 294 g/mol. The zero-order valence-electron chi connectivity index (χ0n) is 9.59. The third kappa shape index (κ3) is 3.53. The van der Waals surface area contributed by atoms with Crippen molar-refractivity contribution in [2.24, 2.45) is 4.99 Å². The number of halogens is 2. The highest BCUT2D eigenvalue weighted by molar-refractivity contribution is 6.42. The first-order valence-corrected chi connectivity index (χ1v) is 6.05. The number of benzene rings is 2. The van der Waals surface area contributed by atoms with Gasteiger partial charge in [0.1, 0.15) is 0 Å². The van der Waals surface area contributed by atoms with Gasteiger partial charge in [-0.25, -0.2) is 0 Å². The highest BCUT2D eigenvalue weighted by Crippen LogP contribution is 2.26. The average Bonchev–Trinajstić information content (AvgIpc) is 2.40. The minimum absolute atomic E-state index is 0.0479. The van der Waals surface area contributed by atoms with Crippen LogP contribution in [-0.4, -0.2) is 11.1 Å². The number of nitrogens with zero attached hydrogens (tertiary/aromatic N) is 2. The first kappa shape index (κ1) is 13.5. The molecule has 0 aliphatic rings. The number of hydrogen-bond acceptors (Lipinski definition) is 3. The van der Waals surface area contributed by atoms with Gasteiger partial charge < -0.3 is 0 Å². The number of non-ortho nitro benzene ring substituents is 1. The van der Waals surface area contributed by atoms with Crippen molar-refractivity contribution in [3.8, 4) is 0 Å². The second-order valence-corrected chi connectivity index (χ2v) is 4.52. The van der Waals surface area contributed by atoms with E-state index in [9.17, 15) is 10.1 Å². The predicted octanol–water partition coefficient (Wildman–Crippen LogP) is 4.65. The van der Waals surface area contributed by atoms with Gasteiger partial charge in [-0.1, -0.05) is 23.2 Å². The van der Waals surface area contributed by atoms with Crippen molar-refractivity contribution in [3.05, 3.63) is 68.2 Å². The Balaban J connectivity index is 2.17. The quantitative estimate of drug-likeness (QED) is 0.470. The van der Waals surface area contributed by atoms with Gasteiger partial charge in [-0.05, 0) is 35.9 Å². The summed E-state index contributed by atoms with van der Waals surface area (Å²) >= 11 is 11.7. The molecule has 0 bridgehead atoms. The molecule has 0 aliphatic heterocycles. The third-order valence-corrected chi connectivity index (χ3v) is 3.11. The fourth-order valence-corrected chi connectivity index (χ4v) is 1.69. The Morgan fingerprint density at radius 3 is 2.32 bits per heavy atom. The molecular formula is C13H8Cl2N2O2. The number of nitro groups is 1. The molecule has 6 heteroatoms. The maximum atomic E-state index is 10.5. The van der Waals surface area contributed by atoms with Gasteiger partial charge in [0, 0.05) is 18.3 Å². The van der Waals surface area contributed by atoms with Crippen LogP contribution in [0.5, 0.6) is 0 Å². The van der Waals surface area contributed by atoms with Crippen LogP contribution in [0.3, 0.4) is 0 Å². The minimum Gasteiger partial charge on any atom is -0.258 e. The summed E-state index contributed by atoms with van der Waals surface area (Å²) in [4.78, 5) is 14.3. The molecule has 96 valence electrons. The van der Waals surface area contributed by atoms with Gasteiger partial charge in [0.05, 0.1) is 20.7 Å². The first-order valence-electron chi connectivity index (χ1n) is 5.30. The molecule has 0 fully saturated rings. The second-order valence-electron chi connectivity index (χ2n) is 3.71. The predicted molar refractivity (Wildman–Crippen MR) is 76.8 cm³/mol. The molecule has 4 nitrogen and oxygen atoms in total. The molecule has 0 unspecified atom stereocenters. The average molecular weight is 295 g/mol. The molecule has 0 aromatic heterocycles. The van der Waals surface area contributed by atoms with E-state index in [2.05, 4.69) is 4.99 Å².